The zero-order chi connectivity index (χ0) is 17.1. The van der Waals surface area contributed by atoms with Crippen LogP contribution in [0.3, 0.4) is 0 Å². The lowest BCUT2D eigenvalue weighted by atomic mass is 9.98. The molecule has 0 amide bonds. The van der Waals surface area contributed by atoms with Crippen LogP contribution in [0.5, 0.6) is 5.75 Å². The number of halogens is 1. The van der Waals surface area contributed by atoms with Crippen molar-refractivity contribution in [2.45, 2.75) is 26.0 Å². The average Bonchev–Trinajstić information content (AvgIpc) is 2.96. The van der Waals surface area contributed by atoms with Gasteiger partial charge in [-0.05, 0) is 55.6 Å². The van der Waals surface area contributed by atoms with E-state index in [0.717, 1.165) is 29.7 Å². The zero-order valence-corrected chi connectivity index (χ0v) is 14.3. The van der Waals surface area contributed by atoms with E-state index in [1.165, 1.54) is 0 Å². The van der Waals surface area contributed by atoms with Crippen LogP contribution in [0.25, 0.3) is 0 Å². The second-order valence-corrected chi connectivity index (χ2v) is 6.72. The third-order valence-electron chi connectivity index (χ3n) is 4.83. The Hall–Kier alpha value is -1.91. The molecule has 0 aliphatic carbocycles. The maximum atomic E-state index is 14.6. The largest absolute Gasteiger partial charge is 0.486 e. The van der Waals surface area contributed by atoms with Gasteiger partial charge in [-0.15, -0.1) is 0 Å². The highest BCUT2D eigenvalue weighted by Gasteiger charge is 2.30. The van der Waals surface area contributed by atoms with Crippen LogP contribution in [0.1, 0.15) is 29.2 Å². The summed E-state index contributed by atoms with van der Waals surface area (Å²) in [6, 6.07) is 13.7. The van der Waals surface area contributed by atoms with Crippen molar-refractivity contribution >= 4 is 0 Å². The maximum absolute atomic E-state index is 14.6. The number of aryl methyl sites for hydroxylation is 1. The van der Waals surface area contributed by atoms with Crippen LogP contribution >= 0.6 is 0 Å². The van der Waals surface area contributed by atoms with Crippen molar-refractivity contribution in [3.63, 3.8) is 0 Å². The predicted octanol–water partition coefficient (Wildman–Crippen LogP) is 3.66. The lowest BCUT2D eigenvalue weighted by Crippen LogP contribution is -2.20. The quantitative estimate of drug-likeness (QED) is 0.910. The number of hydrogen-bond acceptors (Lipinski definition) is 3. The Labute approximate surface area is 143 Å². The molecule has 0 bridgehead atoms. The van der Waals surface area contributed by atoms with Gasteiger partial charge in [0.2, 0.25) is 0 Å². The van der Waals surface area contributed by atoms with Crippen molar-refractivity contribution < 1.29 is 9.13 Å². The Morgan fingerprint density at radius 2 is 2.00 bits per heavy atom. The first-order chi connectivity index (χ1) is 11.6. The second kappa shape index (κ2) is 7.32. The van der Waals surface area contributed by atoms with Gasteiger partial charge in [-0.1, -0.05) is 36.4 Å². The molecule has 24 heavy (non-hydrogen) atoms. The van der Waals surface area contributed by atoms with Gasteiger partial charge in [0.1, 0.15) is 6.61 Å². The summed E-state index contributed by atoms with van der Waals surface area (Å²) in [7, 11) is 2.08. The topological polar surface area (TPSA) is 38.5 Å². The summed E-state index contributed by atoms with van der Waals surface area (Å²) in [4.78, 5) is 2.26. The summed E-state index contributed by atoms with van der Waals surface area (Å²) < 4.78 is 20.3. The Morgan fingerprint density at radius 1 is 1.25 bits per heavy atom. The molecular weight excluding hydrogens is 303 g/mol. The van der Waals surface area contributed by atoms with Crippen molar-refractivity contribution in [1.29, 1.82) is 0 Å². The molecule has 0 spiro atoms. The lowest BCUT2D eigenvalue weighted by Gasteiger charge is -2.21. The fourth-order valence-electron chi connectivity index (χ4n) is 3.53. The molecule has 1 aliphatic heterocycles. The van der Waals surface area contributed by atoms with Crippen LogP contribution < -0.4 is 10.5 Å². The number of nitrogens with two attached hydrogens (primary N) is 1. The van der Waals surface area contributed by atoms with Crippen LogP contribution in [-0.2, 0) is 6.61 Å². The molecule has 1 fully saturated rings. The van der Waals surface area contributed by atoms with Gasteiger partial charge in [0.25, 0.3) is 0 Å². The number of nitrogens with zero attached hydrogens (tertiary/aromatic N) is 1. The molecular formula is C20H25FN2O. The van der Waals surface area contributed by atoms with E-state index in [4.69, 9.17) is 10.5 Å². The van der Waals surface area contributed by atoms with E-state index >= 15 is 0 Å². The first kappa shape index (κ1) is 16.9. The lowest BCUT2D eigenvalue weighted by molar-refractivity contribution is 0.285. The second-order valence-electron chi connectivity index (χ2n) is 6.72. The van der Waals surface area contributed by atoms with Crippen molar-refractivity contribution in [2.24, 2.45) is 11.7 Å². The van der Waals surface area contributed by atoms with E-state index in [9.17, 15) is 4.39 Å². The van der Waals surface area contributed by atoms with Crippen LogP contribution in [-0.4, -0.2) is 25.0 Å². The molecule has 2 aromatic rings. The highest BCUT2D eigenvalue weighted by molar-refractivity contribution is 5.39. The van der Waals surface area contributed by atoms with E-state index in [1.807, 2.05) is 43.3 Å². The van der Waals surface area contributed by atoms with Crippen molar-refractivity contribution in [3.05, 3.63) is 65.0 Å². The normalized spacial score (nSPS) is 21.2. The monoisotopic (exact) mass is 328 g/mol. The number of benzene rings is 2. The van der Waals surface area contributed by atoms with Gasteiger partial charge in [-0.3, -0.25) is 4.90 Å². The smallest absolute Gasteiger partial charge is 0.165 e. The van der Waals surface area contributed by atoms with Gasteiger partial charge in [-0.2, -0.15) is 0 Å². The first-order valence-electron chi connectivity index (χ1n) is 8.45. The number of likely N-dealkylation sites (tertiary alicyclic amines) is 1. The zero-order valence-electron chi connectivity index (χ0n) is 14.3. The molecule has 0 saturated carbocycles. The van der Waals surface area contributed by atoms with Gasteiger partial charge in [0.15, 0.2) is 11.6 Å². The highest BCUT2D eigenvalue weighted by atomic mass is 19.1. The summed E-state index contributed by atoms with van der Waals surface area (Å²) in [6.45, 7) is 3.92. The summed E-state index contributed by atoms with van der Waals surface area (Å²) in [5.41, 5.74) is 8.67. The Bertz CT molecular complexity index is 666. The average molecular weight is 328 g/mol. The molecule has 2 N–H and O–H groups in total. The molecule has 3 rings (SSSR count). The van der Waals surface area contributed by atoms with E-state index in [1.54, 1.807) is 6.07 Å². The number of hydrogen-bond donors (Lipinski definition) is 1. The van der Waals surface area contributed by atoms with Gasteiger partial charge < -0.3 is 10.5 Å². The Balaban J connectivity index is 1.76. The molecule has 4 heteroatoms. The van der Waals surface area contributed by atoms with Crippen LogP contribution in [0.2, 0.25) is 0 Å². The van der Waals surface area contributed by atoms with Gasteiger partial charge in [0, 0.05) is 12.6 Å². The Kier molecular flexibility index (Phi) is 5.17. The molecule has 1 saturated heterocycles. The van der Waals surface area contributed by atoms with Crippen LogP contribution in [0.15, 0.2) is 42.5 Å². The van der Waals surface area contributed by atoms with Crippen molar-refractivity contribution in [3.8, 4) is 5.75 Å². The first-order valence-corrected chi connectivity index (χ1v) is 8.45. The van der Waals surface area contributed by atoms with Gasteiger partial charge in [-0.25, -0.2) is 4.39 Å². The SMILES string of the molecule is Cc1cc(C2CC(CN)CN2C)cc(F)c1OCc1ccccc1. The highest BCUT2D eigenvalue weighted by Crippen LogP contribution is 2.36. The molecule has 128 valence electrons. The van der Waals surface area contributed by atoms with Gasteiger partial charge >= 0.3 is 0 Å². The van der Waals surface area contributed by atoms with Gasteiger partial charge in [0.05, 0.1) is 0 Å². The van der Waals surface area contributed by atoms with Crippen LogP contribution in [0, 0.1) is 18.7 Å². The third kappa shape index (κ3) is 3.60. The molecule has 0 aromatic heterocycles. The molecule has 3 nitrogen and oxygen atoms in total. The third-order valence-corrected chi connectivity index (χ3v) is 4.83. The summed E-state index contributed by atoms with van der Waals surface area (Å²) in [5, 5.41) is 0. The number of rotatable bonds is 5. The van der Waals surface area contributed by atoms with E-state index in [0.29, 0.717) is 24.8 Å². The standard InChI is InChI=1S/C20H25FN2O/c1-14-8-17(19-9-16(11-22)12-23(19)2)10-18(21)20(14)24-13-15-6-4-3-5-7-15/h3-8,10,16,19H,9,11-13,22H2,1-2H3. The summed E-state index contributed by atoms with van der Waals surface area (Å²) in [6.07, 6.45) is 0.982. The molecule has 2 unspecified atom stereocenters. The van der Waals surface area contributed by atoms with E-state index in [2.05, 4.69) is 11.9 Å². The summed E-state index contributed by atoms with van der Waals surface area (Å²) >= 11 is 0. The minimum Gasteiger partial charge on any atom is -0.486 e. The van der Waals surface area contributed by atoms with E-state index < -0.39 is 0 Å². The number of ether oxygens (including phenoxy) is 1. The molecule has 0 radical (unpaired) electrons. The van der Waals surface area contributed by atoms with E-state index in [-0.39, 0.29) is 11.9 Å². The summed E-state index contributed by atoms with van der Waals surface area (Å²) in [5.74, 6) is 0.543. The molecule has 2 aromatic carbocycles. The van der Waals surface area contributed by atoms with Crippen molar-refractivity contribution in [2.75, 3.05) is 20.1 Å². The predicted molar refractivity (Wildman–Crippen MR) is 94.4 cm³/mol. The molecule has 1 heterocycles. The van der Waals surface area contributed by atoms with Crippen LogP contribution in [0.4, 0.5) is 4.39 Å². The van der Waals surface area contributed by atoms with Crippen molar-refractivity contribution in [1.82, 2.24) is 4.90 Å². The minimum absolute atomic E-state index is 0.231. The minimum atomic E-state index is -0.287. The maximum Gasteiger partial charge on any atom is 0.165 e. The fraction of sp³-hybridized carbons (Fsp3) is 0.400. The fourth-order valence-corrected chi connectivity index (χ4v) is 3.53. The molecule has 1 aliphatic rings. The molecule has 2 atom stereocenters. The Morgan fingerprint density at radius 3 is 2.62 bits per heavy atom.